The van der Waals surface area contributed by atoms with Crippen LogP contribution in [0.25, 0.3) is 10.2 Å². The van der Waals surface area contributed by atoms with Crippen molar-refractivity contribution in [1.29, 1.82) is 0 Å². The van der Waals surface area contributed by atoms with Gasteiger partial charge in [-0.3, -0.25) is 4.79 Å². The minimum Gasteiger partial charge on any atom is -0.497 e. The molecule has 2 heterocycles. The van der Waals surface area contributed by atoms with Crippen LogP contribution in [0.15, 0.2) is 35.3 Å². The maximum absolute atomic E-state index is 12.9. The summed E-state index contributed by atoms with van der Waals surface area (Å²) in [5.41, 5.74) is 1.14. The van der Waals surface area contributed by atoms with E-state index in [0.717, 1.165) is 10.2 Å². The third kappa shape index (κ3) is 3.06. The molecule has 1 aliphatic rings. The molecule has 4 rings (SSSR count). The van der Waals surface area contributed by atoms with Crippen LogP contribution in [0.2, 0.25) is 0 Å². The summed E-state index contributed by atoms with van der Waals surface area (Å²) in [6.45, 7) is 0.452. The zero-order valence-corrected chi connectivity index (χ0v) is 16.0. The van der Waals surface area contributed by atoms with Crippen molar-refractivity contribution in [2.24, 2.45) is 4.99 Å². The highest BCUT2D eigenvalue weighted by atomic mass is 32.1. The molecule has 0 N–H and O–H groups in total. The first-order valence-electron chi connectivity index (χ1n) is 8.32. The first-order valence-corrected chi connectivity index (χ1v) is 9.13. The van der Waals surface area contributed by atoms with Crippen molar-refractivity contribution in [2.75, 3.05) is 21.0 Å². The minimum atomic E-state index is -0.451. The second-order valence-electron chi connectivity index (χ2n) is 5.83. The SMILES string of the molecule is C#CCn1c(=NC(=O)c2cc(OC)ccc2OC)sc2cc3c(cc21)OCO3. The van der Waals surface area contributed by atoms with Crippen molar-refractivity contribution in [3.63, 3.8) is 0 Å². The zero-order chi connectivity index (χ0) is 19.7. The predicted octanol–water partition coefficient (Wildman–Crippen LogP) is 2.82. The van der Waals surface area contributed by atoms with Gasteiger partial charge in [0.2, 0.25) is 6.79 Å². The van der Waals surface area contributed by atoms with Gasteiger partial charge in [-0.2, -0.15) is 4.99 Å². The lowest BCUT2D eigenvalue weighted by Gasteiger charge is -2.07. The maximum atomic E-state index is 12.9. The van der Waals surface area contributed by atoms with Gasteiger partial charge < -0.3 is 23.5 Å². The zero-order valence-electron chi connectivity index (χ0n) is 15.2. The van der Waals surface area contributed by atoms with E-state index in [4.69, 9.17) is 25.4 Å². The molecular weight excluding hydrogens is 380 g/mol. The van der Waals surface area contributed by atoms with Crippen LogP contribution in [0, 0.1) is 12.3 Å². The van der Waals surface area contributed by atoms with Crippen molar-refractivity contribution in [1.82, 2.24) is 4.57 Å². The van der Waals surface area contributed by atoms with E-state index < -0.39 is 5.91 Å². The van der Waals surface area contributed by atoms with Gasteiger partial charge in [0.1, 0.15) is 11.5 Å². The van der Waals surface area contributed by atoms with Gasteiger partial charge in [-0.1, -0.05) is 17.3 Å². The number of methoxy groups -OCH3 is 2. The molecule has 1 aliphatic heterocycles. The Kier molecular flexibility index (Phi) is 4.67. The highest BCUT2D eigenvalue weighted by molar-refractivity contribution is 7.16. The number of carbonyl (C=O) groups is 1. The molecule has 0 bridgehead atoms. The van der Waals surface area contributed by atoms with Gasteiger partial charge in [0.25, 0.3) is 5.91 Å². The molecule has 0 spiro atoms. The van der Waals surface area contributed by atoms with E-state index in [-0.39, 0.29) is 13.3 Å². The Balaban J connectivity index is 1.86. The van der Waals surface area contributed by atoms with Gasteiger partial charge >= 0.3 is 0 Å². The summed E-state index contributed by atoms with van der Waals surface area (Å²) in [6.07, 6.45) is 5.53. The van der Waals surface area contributed by atoms with Crippen LogP contribution >= 0.6 is 11.3 Å². The maximum Gasteiger partial charge on any atom is 0.283 e. The molecule has 142 valence electrons. The van der Waals surface area contributed by atoms with Crippen molar-refractivity contribution >= 4 is 27.5 Å². The fourth-order valence-electron chi connectivity index (χ4n) is 2.92. The van der Waals surface area contributed by atoms with Crippen LogP contribution in [0.5, 0.6) is 23.0 Å². The molecule has 2 aromatic carbocycles. The third-order valence-corrected chi connectivity index (χ3v) is 5.30. The number of benzene rings is 2. The largest absolute Gasteiger partial charge is 0.497 e. The average molecular weight is 396 g/mol. The van der Waals surface area contributed by atoms with Crippen molar-refractivity contribution in [2.45, 2.75) is 6.54 Å². The summed E-state index contributed by atoms with van der Waals surface area (Å²) in [6, 6.07) is 8.70. The molecule has 1 aromatic heterocycles. The molecule has 0 radical (unpaired) electrons. The molecule has 0 unspecified atom stereocenters. The Morgan fingerprint density at radius 3 is 2.75 bits per heavy atom. The van der Waals surface area contributed by atoms with Crippen LogP contribution in [-0.2, 0) is 6.54 Å². The summed E-state index contributed by atoms with van der Waals surface area (Å²) >= 11 is 1.35. The standard InChI is InChI=1S/C20H16N2O5S/c1-4-7-22-14-9-16-17(27-11-26-16)10-18(14)28-20(22)21-19(23)13-8-12(24-2)5-6-15(13)25-3/h1,5-6,8-10H,7,11H2,2-3H3. The minimum absolute atomic E-state index is 0.188. The van der Waals surface area contributed by atoms with Gasteiger partial charge in [0.15, 0.2) is 16.3 Å². The highest BCUT2D eigenvalue weighted by Gasteiger charge is 2.19. The summed E-state index contributed by atoms with van der Waals surface area (Å²) in [7, 11) is 3.03. The van der Waals surface area contributed by atoms with Crippen molar-refractivity contribution in [3.05, 3.63) is 40.7 Å². The molecular formula is C20H16N2O5S. The second-order valence-corrected chi connectivity index (χ2v) is 6.84. The van der Waals surface area contributed by atoms with Crippen LogP contribution < -0.4 is 23.7 Å². The molecule has 0 saturated heterocycles. The highest BCUT2D eigenvalue weighted by Crippen LogP contribution is 2.37. The summed E-state index contributed by atoms with van der Waals surface area (Å²) in [5.74, 6) is 4.41. The van der Waals surface area contributed by atoms with E-state index in [2.05, 4.69) is 10.9 Å². The number of nitrogens with zero attached hydrogens (tertiary/aromatic N) is 2. The smallest absolute Gasteiger partial charge is 0.283 e. The number of fused-ring (bicyclic) bond motifs is 2. The number of amides is 1. The van der Waals surface area contributed by atoms with E-state index >= 15 is 0 Å². The quantitative estimate of drug-likeness (QED) is 0.634. The molecule has 7 nitrogen and oxygen atoms in total. The van der Waals surface area contributed by atoms with E-state index in [9.17, 15) is 4.79 Å². The van der Waals surface area contributed by atoms with Crippen LogP contribution in [0.1, 0.15) is 10.4 Å². The number of ether oxygens (including phenoxy) is 4. The fraction of sp³-hybridized carbons (Fsp3) is 0.200. The lowest BCUT2D eigenvalue weighted by Crippen LogP contribution is -2.16. The predicted molar refractivity (Wildman–Crippen MR) is 104 cm³/mol. The summed E-state index contributed by atoms with van der Waals surface area (Å²) in [4.78, 5) is 17.7. The summed E-state index contributed by atoms with van der Waals surface area (Å²) in [5, 5.41) is 0. The van der Waals surface area contributed by atoms with Gasteiger partial charge in [-0.25, -0.2) is 0 Å². The second kappa shape index (κ2) is 7.29. The van der Waals surface area contributed by atoms with Gasteiger partial charge in [0.05, 0.1) is 36.5 Å². The molecule has 8 heteroatoms. The van der Waals surface area contributed by atoms with E-state index in [0.29, 0.717) is 33.4 Å². The van der Waals surface area contributed by atoms with Crippen LogP contribution in [0.3, 0.4) is 0 Å². The molecule has 28 heavy (non-hydrogen) atoms. The first-order chi connectivity index (χ1) is 13.6. The van der Waals surface area contributed by atoms with Crippen molar-refractivity contribution < 1.29 is 23.7 Å². The fourth-order valence-corrected chi connectivity index (χ4v) is 3.96. The van der Waals surface area contributed by atoms with Crippen LogP contribution in [-0.4, -0.2) is 31.5 Å². The number of carbonyl (C=O) groups excluding carboxylic acids is 1. The Bertz CT molecular complexity index is 1190. The molecule has 3 aromatic rings. The summed E-state index contributed by atoms with van der Waals surface area (Å²) < 4.78 is 24.1. The van der Waals surface area contributed by atoms with E-state index in [1.165, 1.54) is 25.6 Å². The number of hydrogen-bond donors (Lipinski definition) is 0. The lowest BCUT2D eigenvalue weighted by atomic mass is 10.2. The Morgan fingerprint density at radius 2 is 2.04 bits per heavy atom. The van der Waals surface area contributed by atoms with Gasteiger partial charge in [0, 0.05) is 12.1 Å². The molecule has 0 aliphatic carbocycles. The Hall–Kier alpha value is -3.44. The van der Waals surface area contributed by atoms with Gasteiger partial charge in [-0.05, 0) is 18.2 Å². The van der Waals surface area contributed by atoms with Crippen molar-refractivity contribution in [3.8, 4) is 35.3 Å². The lowest BCUT2D eigenvalue weighted by molar-refractivity contribution is 0.0994. The average Bonchev–Trinajstić information content (AvgIpc) is 3.30. The normalized spacial score (nSPS) is 12.8. The molecule has 0 fully saturated rings. The Morgan fingerprint density at radius 1 is 1.25 bits per heavy atom. The molecule has 1 amide bonds. The van der Waals surface area contributed by atoms with E-state index in [1.54, 1.807) is 22.8 Å². The number of hydrogen-bond acceptors (Lipinski definition) is 6. The number of aromatic nitrogens is 1. The number of terminal acetylenes is 1. The first kappa shape index (κ1) is 17.9. The topological polar surface area (TPSA) is 71.3 Å². The monoisotopic (exact) mass is 396 g/mol. The Labute approximate surface area is 164 Å². The van der Waals surface area contributed by atoms with Crippen LogP contribution in [0.4, 0.5) is 0 Å². The molecule has 0 saturated carbocycles. The number of thiazole rings is 1. The van der Waals surface area contributed by atoms with E-state index in [1.807, 2.05) is 12.1 Å². The molecule has 0 atom stereocenters. The third-order valence-electron chi connectivity index (χ3n) is 4.26. The van der Waals surface area contributed by atoms with Gasteiger partial charge in [-0.15, -0.1) is 6.42 Å². The number of rotatable bonds is 4.